The molecule has 22 heavy (non-hydrogen) atoms. The summed E-state index contributed by atoms with van der Waals surface area (Å²) in [6.07, 6.45) is 1.75. The molecule has 0 bridgehead atoms. The van der Waals surface area contributed by atoms with Gasteiger partial charge >= 0.3 is 5.97 Å². The molecule has 1 aromatic rings. The van der Waals surface area contributed by atoms with E-state index in [2.05, 4.69) is 0 Å². The number of benzene rings is 1. The highest BCUT2D eigenvalue weighted by molar-refractivity contribution is 7.89. The van der Waals surface area contributed by atoms with Gasteiger partial charge in [-0.1, -0.05) is 41.2 Å². The Labute approximate surface area is 144 Å². The van der Waals surface area contributed by atoms with Gasteiger partial charge in [-0.15, -0.1) is 0 Å². The average molecular weight is 389 g/mol. The smallest absolute Gasteiger partial charge is 0.303 e. The minimum Gasteiger partial charge on any atom is -0.481 e. The first-order valence-electron chi connectivity index (χ1n) is 6.49. The summed E-state index contributed by atoms with van der Waals surface area (Å²) in [4.78, 5) is 10.2. The van der Waals surface area contributed by atoms with Gasteiger partial charge in [-0.25, -0.2) is 12.7 Å². The molecule has 1 rings (SSSR count). The van der Waals surface area contributed by atoms with E-state index in [1.165, 1.54) is 19.2 Å². The second kappa shape index (κ2) is 8.36. The van der Waals surface area contributed by atoms with Gasteiger partial charge in [0.2, 0.25) is 10.0 Å². The zero-order chi connectivity index (χ0) is 16.9. The molecule has 0 heterocycles. The summed E-state index contributed by atoms with van der Waals surface area (Å²) in [6, 6.07) is 2.64. The molecule has 0 aliphatic heterocycles. The summed E-state index contributed by atoms with van der Waals surface area (Å²) < 4.78 is 26.1. The Morgan fingerprint density at radius 2 is 1.68 bits per heavy atom. The van der Waals surface area contributed by atoms with Crippen molar-refractivity contribution in [2.75, 3.05) is 13.6 Å². The van der Waals surface area contributed by atoms with Crippen molar-refractivity contribution in [3.05, 3.63) is 27.2 Å². The summed E-state index contributed by atoms with van der Waals surface area (Å²) in [5.74, 6) is -0.860. The highest BCUT2D eigenvalue weighted by Crippen LogP contribution is 2.34. The van der Waals surface area contributed by atoms with E-state index >= 15 is 0 Å². The predicted octanol–water partition coefficient (Wildman–Crippen LogP) is 3.91. The second-order valence-electron chi connectivity index (χ2n) is 4.73. The fraction of sp³-hybridized carbons (Fsp3) is 0.462. The third kappa shape index (κ3) is 5.28. The highest BCUT2D eigenvalue weighted by Gasteiger charge is 2.26. The van der Waals surface area contributed by atoms with Gasteiger partial charge in [-0.2, -0.15) is 0 Å². The average Bonchev–Trinajstić information content (AvgIpc) is 2.35. The molecule has 1 N–H and O–H groups in total. The van der Waals surface area contributed by atoms with Crippen molar-refractivity contribution in [2.24, 2.45) is 0 Å². The van der Waals surface area contributed by atoms with Crippen LogP contribution in [-0.4, -0.2) is 37.4 Å². The van der Waals surface area contributed by atoms with Crippen LogP contribution in [0.4, 0.5) is 0 Å². The van der Waals surface area contributed by atoms with Crippen molar-refractivity contribution in [1.29, 1.82) is 0 Å². The molecule has 124 valence electrons. The molecule has 5 nitrogen and oxygen atoms in total. The third-order valence-corrected chi connectivity index (χ3v) is 5.99. The van der Waals surface area contributed by atoms with E-state index in [0.717, 1.165) is 4.31 Å². The van der Waals surface area contributed by atoms with E-state index in [4.69, 9.17) is 39.9 Å². The SMILES string of the molecule is CN(CCCCCC(=O)O)S(=O)(=O)c1c(Cl)cc(Cl)cc1Cl. The lowest BCUT2D eigenvalue weighted by molar-refractivity contribution is -0.137. The summed E-state index contributed by atoms with van der Waals surface area (Å²) in [7, 11) is -2.40. The molecule has 1 aromatic carbocycles. The Kier molecular flexibility index (Phi) is 7.41. The Balaban J connectivity index is 2.76. The lowest BCUT2D eigenvalue weighted by Crippen LogP contribution is -2.28. The molecule has 0 atom stereocenters. The first-order valence-corrected chi connectivity index (χ1v) is 9.06. The summed E-state index contributed by atoms with van der Waals surface area (Å²) in [5, 5.41) is 8.73. The number of carboxylic acids is 1. The predicted molar refractivity (Wildman–Crippen MR) is 87.4 cm³/mol. The Hall–Kier alpha value is -0.530. The van der Waals surface area contributed by atoms with Crippen LogP contribution in [0.15, 0.2) is 17.0 Å². The van der Waals surface area contributed by atoms with Crippen LogP contribution in [0.3, 0.4) is 0 Å². The van der Waals surface area contributed by atoms with E-state index in [1.54, 1.807) is 0 Å². The van der Waals surface area contributed by atoms with E-state index in [1.807, 2.05) is 0 Å². The number of nitrogens with zero attached hydrogens (tertiary/aromatic N) is 1. The van der Waals surface area contributed by atoms with E-state index in [0.29, 0.717) is 19.3 Å². The number of hydrogen-bond acceptors (Lipinski definition) is 3. The van der Waals surface area contributed by atoms with Crippen LogP contribution in [0.5, 0.6) is 0 Å². The summed E-state index contributed by atoms with van der Waals surface area (Å²) >= 11 is 17.7. The fourth-order valence-electron chi connectivity index (χ4n) is 1.84. The van der Waals surface area contributed by atoms with Gasteiger partial charge in [-0.05, 0) is 25.0 Å². The number of aliphatic carboxylic acids is 1. The molecule has 0 saturated carbocycles. The van der Waals surface area contributed by atoms with Crippen molar-refractivity contribution >= 4 is 50.8 Å². The topological polar surface area (TPSA) is 74.7 Å². The van der Waals surface area contributed by atoms with Gasteiger partial charge in [0.05, 0.1) is 10.0 Å². The summed E-state index contributed by atoms with van der Waals surface area (Å²) in [6.45, 7) is 0.247. The van der Waals surface area contributed by atoms with Crippen LogP contribution in [0, 0.1) is 0 Å². The van der Waals surface area contributed by atoms with Crippen LogP contribution >= 0.6 is 34.8 Å². The molecule has 0 fully saturated rings. The maximum absolute atomic E-state index is 12.5. The number of carbonyl (C=O) groups is 1. The van der Waals surface area contributed by atoms with Crippen molar-refractivity contribution in [3.63, 3.8) is 0 Å². The molecule has 0 amide bonds. The van der Waals surface area contributed by atoms with E-state index in [9.17, 15) is 13.2 Å². The Morgan fingerprint density at radius 1 is 1.14 bits per heavy atom. The highest BCUT2D eigenvalue weighted by atomic mass is 35.5. The first kappa shape index (κ1) is 19.5. The van der Waals surface area contributed by atoms with Crippen LogP contribution in [-0.2, 0) is 14.8 Å². The molecule has 0 unspecified atom stereocenters. The van der Waals surface area contributed by atoms with Gasteiger partial charge in [0, 0.05) is 25.0 Å². The summed E-state index contributed by atoms with van der Waals surface area (Å²) in [5.41, 5.74) is 0. The molecular formula is C13H16Cl3NO4S. The minimum absolute atomic E-state index is 0.0322. The minimum atomic E-state index is -3.83. The van der Waals surface area contributed by atoms with Gasteiger partial charge in [-0.3, -0.25) is 4.79 Å². The Morgan fingerprint density at radius 3 is 2.18 bits per heavy atom. The molecule has 0 spiro atoms. The van der Waals surface area contributed by atoms with E-state index in [-0.39, 0.29) is 32.9 Å². The zero-order valence-corrected chi connectivity index (χ0v) is 14.9. The van der Waals surface area contributed by atoms with Crippen molar-refractivity contribution in [1.82, 2.24) is 4.31 Å². The second-order valence-corrected chi connectivity index (χ2v) is 7.96. The molecule has 0 radical (unpaired) electrons. The lowest BCUT2D eigenvalue weighted by atomic mass is 10.2. The van der Waals surface area contributed by atoms with Crippen LogP contribution < -0.4 is 0 Å². The normalized spacial score (nSPS) is 11.9. The van der Waals surface area contributed by atoms with Crippen LogP contribution in [0.25, 0.3) is 0 Å². The van der Waals surface area contributed by atoms with Crippen LogP contribution in [0.1, 0.15) is 25.7 Å². The molecule has 0 aliphatic rings. The fourth-order valence-corrected chi connectivity index (χ4v) is 4.53. The molecule has 0 aromatic heterocycles. The zero-order valence-electron chi connectivity index (χ0n) is 11.9. The van der Waals surface area contributed by atoms with Gasteiger partial charge in [0.1, 0.15) is 4.90 Å². The van der Waals surface area contributed by atoms with Crippen LogP contribution in [0.2, 0.25) is 15.1 Å². The number of halogens is 3. The quantitative estimate of drug-likeness (QED) is 0.685. The van der Waals surface area contributed by atoms with Crippen molar-refractivity contribution in [2.45, 2.75) is 30.6 Å². The monoisotopic (exact) mass is 387 g/mol. The number of sulfonamides is 1. The van der Waals surface area contributed by atoms with Gasteiger partial charge in [0.15, 0.2) is 0 Å². The van der Waals surface area contributed by atoms with Crippen molar-refractivity contribution < 1.29 is 18.3 Å². The molecule has 0 aliphatic carbocycles. The standard InChI is InChI=1S/C13H16Cl3NO4S/c1-17(6-4-2-3-5-12(18)19)22(20,21)13-10(15)7-9(14)8-11(13)16/h7-8H,2-6H2,1H3,(H,18,19). The molecular weight excluding hydrogens is 373 g/mol. The lowest BCUT2D eigenvalue weighted by Gasteiger charge is -2.19. The third-order valence-electron chi connectivity index (χ3n) is 2.99. The Bertz CT molecular complexity index is 626. The number of carboxylic acid groups (broad SMARTS) is 1. The van der Waals surface area contributed by atoms with Gasteiger partial charge in [0.25, 0.3) is 0 Å². The maximum atomic E-state index is 12.5. The van der Waals surface area contributed by atoms with Gasteiger partial charge < -0.3 is 5.11 Å². The van der Waals surface area contributed by atoms with Crippen molar-refractivity contribution in [3.8, 4) is 0 Å². The first-order chi connectivity index (χ1) is 10.2. The largest absolute Gasteiger partial charge is 0.481 e. The molecule has 9 heteroatoms. The number of hydrogen-bond donors (Lipinski definition) is 1. The number of rotatable bonds is 8. The molecule has 0 saturated heterocycles. The number of unbranched alkanes of at least 4 members (excludes halogenated alkanes) is 2. The van der Waals surface area contributed by atoms with E-state index < -0.39 is 16.0 Å². The maximum Gasteiger partial charge on any atom is 0.303 e.